The average Bonchev–Trinajstić information content (AvgIpc) is 2.76. The number of aromatic nitrogens is 1. The third-order valence-electron chi connectivity index (χ3n) is 5.00. The minimum absolute atomic E-state index is 0.677. The maximum absolute atomic E-state index is 5.37. The highest BCUT2D eigenvalue weighted by Gasteiger charge is 2.36. The lowest BCUT2D eigenvalue weighted by atomic mass is 9.82. The molecule has 3 nitrogen and oxygen atoms in total. The van der Waals surface area contributed by atoms with Gasteiger partial charge in [0.2, 0.25) is 0 Å². The number of aromatic amines is 1. The van der Waals surface area contributed by atoms with Gasteiger partial charge in [-0.25, -0.2) is 0 Å². The lowest BCUT2D eigenvalue weighted by Crippen LogP contribution is -2.45. The molecule has 1 saturated heterocycles. The number of hydrogen-bond acceptors (Lipinski definition) is 2. The molecule has 1 fully saturated rings. The number of hydrogen-bond donors (Lipinski definition) is 1. The second-order valence-corrected chi connectivity index (χ2v) is 5.89. The van der Waals surface area contributed by atoms with Gasteiger partial charge in [-0.3, -0.25) is 4.90 Å². The van der Waals surface area contributed by atoms with E-state index >= 15 is 0 Å². The van der Waals surface area contributed by atoms with E-state index in [1.165, 1.54) is 41.5 Å². The first-order valence-electron chi connectivity index (χ1n) is 7.20. The number of methoxy groups -OCH3 is 1. The van der Waals surface area contributed by atoms with E-state index in [-0.39, 0.29) is 0 Å². The molecule has 0 saturated carbocycles. The normalized spacial score (nSPS) is 29.3. The van der Waals surface area contributed by atoms with Gasteiger partial charge in [-0.2, -0.15) is 0 Å². The van der Waals surface area contributed by atoms with Crippen LogP contribution in [0.5, 0.6) is 5.75 Å². The molecule has 0 amide bonds. The summed E-state index contributed by atoms with van der Waals surface area (Å²) < 4.78 is 5.37. The fraction of sp³-hybridized carbons (Fsp3) is 0.500. The Morgan fingerprint density at radius 1 is 1.37 bits per heavy atom. The minimum Gasteiger partial charge on any atom is -0.497 e. The molecule has 1 aromatic carbocycles. The Morgan fingerprint density at radius 2 is 2.26 bits per heavy atom. The first-order valence-corrected chi connectivity index (χ1v) is 7.20. The summed E-state index contributed by atoms with van der Waals surface area (Å²) in [6.45, 7) is 4.70. The molecule has 2 bridgehead atoms. The molecule has 100 valence electrons. The van der Waals surface area contributed by atoms with Crippen molar-refractivity contribution >= 4 is 10.9 Å². The number of nitrogens with zero attached hydrogens (tertiary/aromatic N) is 1. The quantitative estimate of drug-likeness (QED) is 0.848. The van der Waals surface area contributed by atoms with E-state index in [4.69, 9.17) is 4.74 Å². The van der Waals surface area contributed by atoms with E-state index in [0.29, 0.717) is 12.0 Å². The minimum atomic E-state index is 0.677. The molecule has 0 radical (unpaired) electrons. The monoisotopic (exact) mass is 256 g/mol. The van der Waals surface area contributed by atoms with Crippen LogP contribution in [0.1, 0.15) is 36.9 Å². The summed E-state index contributed by atoms with van der Waals surface area (Å²) in [4.78, 5) is 6.30. The second kappa shape index (κ2) is 4.01. The Bertz CT molecular complexity index is 631. The van der Waals surface area contributed by atoms with Gasteiger partial charge >= 0.3 is 0 Å². The molecular formula is C16H20N2O. The molecule has 3 atom stereocenters. The van der Waals surface area contributed by atoms with E-state index in [1.807, 2.05) is 6.07 Å². The predicted octanol–water partition coefficient (Wildman–Crippen LogP) is 3.26. The van der Waals surface area contributed by atoms with Gasteiger partial charge < -0.3 is 9.72 Å². The largest absolute Gasteiger partial charge is 0.497 e. The second-order valence-electron chi connectivity index (χ2n) is 5.89. The van der Waals surface area contributed by atoms with Gasteiger partial charge in [0.25, 0.3) is 0 Å². The van der Waals surface area contributed by atoms with Crippen LogP contribution in [0.25, 0.3) is 10.9 Å². The zero-order valence-corrected chi connectivity index (χ0v) is 11.6. The molecule has 2 aliphatic heterocycles. The maximum atomic E-state index is 5.37. The van der Waals surface area contributed by atoms with Crippen molar-refractivity contribution in [2.75, 3.05) is 13.7 Å². The zero-order chi connectivity index (χ0) is 13.0. The van der Waals surface area contributed by atoms with Gasteiger partial charge in [-0.1, -0.05) is 0 Å². The van der Waals surface area contributed by atoms with E-state index in [2.05, 4.69) is 28.9 Å². The number of piperidine rings is 1. The summed E-state index contributed by atoms with van der Waals surface area (Å²) >= 11 is 0. The Labute approximate surface area is 113 Å². The van der Waals surface area contributed by atoms with Crippen molar-refractivity contribution < 1.29 is 4.74 Å². The predicted molar refractivity (Wildman–Crippen MR) is 76.7 cm³/mol. The molecule has 0 spiro atoms. The van der Waals surface area contributed by atoms with Crippen molar-refractivity contribution in [2.24, 2.45) is 0 Å². The van der Waals surface area contributed by atoms with Gasteiger partial charge in [-0.15, -0.1) is 0 Å². The smallest absolute Gasteiger partial charge is 0.119 e. The fourth-order valence-electron chi connectivity index (χ4n) is 3.89. The van der Waals surface area contributed by atoms with Crippen LogP contribution in [-0.4, -0.2) is 29.6 Å². The molecule has 4 rings (SSSR count). The summed E-state index contributed by atoms with van der Waals surface area (Å²) in [5, 5.41) is 1.35. The van der Waals surface area contributed by atoms with Crippen molar-refractivity contribution in [3.05, 3.63) is 29.5 Å². The molecular weight excluding hydrogens is 236 g/mol. The lowest BCUT2D eigenvalue weighted by Gasteiger charge is -2.43. The highest BCUT2D eigenvalue weighted by molar-refractivity contribution is 5.86. The van der Waals surface area contributed by atoms with Crippen LogP contribution in [-0.2, 0) is 6.54 Å². The van der Waals surface area contributed by atoms with E-state index in [9.17, 15) is 0 Å². The molecule has 1 N–H and O–H groups in total. The molecule has 3 heterocycles. The van der Waals surface area contributed by atoms with Crippen molar-refractivity contribution in [3.8, 4) is 5.75 Å². The van der Waals surface area contributed by atoms with Crippen LogP contribution >= 0.6 is 0 Å². The maximum Gasteiger partial charge on any atom is 0.119 e. The Morgan fingerprint density at radius 3 is 3.11 bits per heavy atom. The number of benzene rings is 1. The number of ether oxygens (including phenoxy) is 1. The van der Waals surface area contributed by atoms with Crippen molar-refractivity contribution in [2.45, 2.75) is 38.3 Å². The van der Waals surface area contributed by atoms with Gasteiger partial charge in [0.05, 0.1) is 7.11 Å². The zero-order valence-electron chi connectivity index (χ0n) is 11.6. The molecule has 2 aromatic rings. The number of fused-ring (bicyclic) bond motifs is 6. The van der Waals surface area contributed by atoms with Crippen LogP contribution in [0.4, 0.5) is 0 Å². The van der Waals surface area contributed by atoms with Gasteiger partial charge in [0, 0.05) is 35.1 Å². The van der Waals surface area contributed by atoms with Gasteiger partial charge in [-0.05, 0) is 50.1 Å². The topological polar surface area (TPSA) is 28.3 Å². The standard InChI is InChI=1S/C16H20N2O/c1-10-12-4-3-7-18(10)9-14-13-8-11(19-2)5-6-15(13)17-16(12)14/h5-6,8,10,12,17H,3-4,7,9H2,1-2H3. The van der Waals surface area contributed by atoms with Crippen molar-refractivity contribution in [3.63, 3.8) is 0 Å². The summed E-state index contributed by atoms with van der Waals surface area (Å²) in [5.74, 6) is 1.63. The van der Waals surface area contributed by atoms with Crippen LogP contribution in [0, 0.1) is 0 Å². The third-order valence-corrected chi connectivity index (χ3v) is 5.00. The Balaban J connectivity index is 1.92. The average molecular weight is 256 g/mol. The van der Waals surface area contributed by atoms with Crippen LogP contribution < -0.4 is 4.74 Å². The highest BCUT2D eigenvalue weighted by atomic mass is 16.5. The summed E-state index contributed by atoms with van der Waals surface area (Å²) in [6.07, 6.45) is 2.64. The first-order chi connectivity index (χ1) is 9.28. The number of nitrogens with one attached hydrogen (secondary N) is 1. The summed E-state index contributed by atoms with van der Waals surface area (Å²) in [5.41, 5.74) is 4.23. The van der Waals surface area contributed by atoms with Crippen LogP contribution in [0.15, 0.2) is 18.2 Å². The number of H-pyrrole nitrogens is 1. The van der Waals surface area contributed by atoms with Crippen molar-refractivity contribution in [1.29, 1.82) is 0 Å². The Hall–Kier alpha value is -1.48. The Kier molecular flexibility index (Phi) is 2.39. The lowest BCUT2D eigenvalue weighted by molar-refractivity contribution is 0.114. The van der Waals surface area contributed by atoms with Crippen LogP contribution in [0.2, 0.25) is 0 Å². The van der Waals surface area contributed by atoms with E-state index in [0.717, 1.165) is 12.3 Å². The molecule has 3 unspecified atom stereocenters. The van der Waals surface area contributed by atoms with Crippen LogP contribution in [0.3, 0.4) is 0 Å². The van der Waals surface area contributed by atoms with E-state index < -0.39 is 0 Å². The molecule has 1 aromatic heterocycles. The molecule has 19 heavy (non-hydrogen) atoms. The van der Waals surface area contributed by atoms with E-state index in [1.54, 1.807) is 7.11 Å². The SMILES string of the molecule is COc1ccc2[nH]c3c(c2c1)CN1CCCC3C1C. The summed E-state index contributed by atoms with van der Waals surface area (Å²) in [7, 11) is 1.74. The molecule has 3 heteroatoms. The molecule has 2 aliphatic rings. The first kappa shape index (κ1) is 11.4. The van der Waals surface area contributed by atoms with Crippen molar-refractivity contribution in [1.82, 2.24) is 9.88 Å². The van der Waals surface area contributed by atoms with Gasteiger partial charge in [0.15, 0.2) is 0 Å². The summed E-state index contributed by atoms with van der Waals surface area (Å²) in [6, 6.07) is 7.05. The third kappa shape index (κ3) is 1.54. The number of rotatable bonds is 1. The highest BCUT2D eigenvalue weighted by Crippen LogP contribution is 2.42. The van der Waals surface area contributed by atoms with Gasteiger partial charge in [0.1, 0.15) is 5.75 Å². The molecule has 0 aliphatic carbocycles. The fourth-order valence-corrected chi connectivity index (χ4v) is 3.89.